The molecule has 3 N–H and O–H groups in total. The maximum atomic E-state index is 11.9. The molecule has 14 nitrogen and oxygen atoms in total. The summed E-state index contributed by atoms with van der Waals surface area (Å²) in [6.45, 7) is 3.22. The molecule has 2 heterocycles. The molecule has 0 amide bonds. The van der Waals surface area contributed by atoms with Gasteiger partial charge < -0.3 is 48.5 Å². The van der Waals surface area contributed by atoms with Crippen LogP contribution in [0.3, 0.4) is 0 Å². The first-order chi connectivity index (χ1) is 16.3. The van der Waals surface area contributed by atoms with Gasteiger partial charge in [0.1, 0.15) is 42.1 Å². The van der Waals surface area contributed by atoms with Gasteiger partial charge in [0.15, 0.2) is 24.6 Å². The smallest absolute Gasteiger partial charge is 0.303 e. The molecule has 0 aliphatic carbocycles. The van der Waals surface area contributed by atoms with E-state index in [1.54, 1.807) is 0 Å². The number of carbonyl (C=O) groups is 4. The van der Waals surface area contributed by atoms with Crippen LogP contribution in [0.25, 0.3) is 0 Å². The lowest BCUT2D eigenvalue weighted by Crippen LogP contribution is -2.65. The van der Waals surface area contributed by atoms with Gasteiger partial charge in [-0.05, 0) is 0 Å². The molecule has 0 spiro atoms. The lowest BCUT2D eigenvalue weighted by atomic mass is 9.96. The Hall–Kier alpha value is -1.88. The summed E-state index contributed by atoms with van der Waals surface area (Å²) in [6, 6.07) is 0. The highest BCUT2D eigenvalue weighted by molar-refractivity contribution is 9.09. The Bertz CT molecular complexity index is 775. The summed E-state index contributed by atoms with van der Waals surface area (Å²) in [5.41, 5.74) is 0. The Balaban J connectivity index is 2.46. The number of hydrogen-bond donors (Lipinski definition) is 3. The van der Waals surface area contributed by atoms with E-state index in [9.17, 15) is 34.5 Å². The first kappa shape index (κ1) is 29.4. The summed E-state index contributed by atoms with van der Waals surface area (Å²) in [4.78, 5) is 46.9. The van der Waals surface area contributed by atoms with Crippen molar-refractivity contribution in [3.05, 3.63) is 0 Å². The van der Waals surface area contributed by atoms with Gasteiger partial charge in [0.2, 0.25) is 0 Å². The van der Waals surface area contributed by atoms with E-state index >= 15 is 0 Å². The Labute approximate surface area is 208 Å². The molecule has 0 unspecified atom stereocenters. The first-order valence-electron chi connectivity index (χ1n) is 10.6. The average molecular weight is 573 g/mol. The number of hydrogen-bond acceptors (Lipinski definition) is 14. The molecule has 15 heteroatoms. The second-order valence-corrected chi connectivity index (χ2v) is 8.76. The van der Waals surface area contributed by atoms with Crippen molar-refractivity contribution >= 4 is 39.8 Å². The summed E-state index contributed by atoms with van der Waals surface area (Å²) in [5, 5.41) is 29.4. The van der Waals surface area contributed by atoms with Gasteiger partial charge in [0, 0.05) is 27.7 Å². The molecule has 0 radical (unpaired) electrons. The van der Waals surface area contributed by atoms with Crippen LogP contribution in [0.4, 0.5) is 0 Å². The van der Waals surface area contributed by atoms with Gasteiger partial charge in [-0.15, -0.1) is 0 Å². The van der Waals surface area contributed by atoms with E-state index < -0.39 is 97.2 Å². The first-order valence-corrected chi connectivity index (χ1v) is 11.5. The third-order valence-corrected chi connectivity index (χ3v) is 5.80. The molecule has 0 aromatic heterocycles. The predicted molar refractivity (Wildman–Crippen MR) is 114 cm³/mol. The zero-order valence-corrected chi connectivity index (χ0v) is 21.0. The highest BCUT2D eigenvalue weighted by Crippen LogP contribution is 2.34. The number of alkyl halides is 1. The SMILES string of the molecule is CC(=O)OC[C@H]1O[C@H](O[C@H]2[C@H](O)[C@@H](O)[C@H](Br)O[C@@H]2CO)[C@H](OC(C)=O)[C@@H](OC(C)=O)[C@@H]1OC(C)=O. The van der Waals surface area contributed by atoms with Crippen LogP contribution in [-0.2, 0) is 52.3 Å². The number of aliphatic hydroxyl groups excluding tert-OH is 3. The Morgan fingerprint density at radius 3 is 1.80 bits per heavy atom. The molecule has 0 aromatic carbocycles. The average Bonchev–Trinajstić information content (AvgIpc) is 2.75. The van der Waals surface area contributed by atoms with Crippen LogP contribution in [0.1, 0.15) is 27.7 Å². The molecule has 35 heavy (non-hydrogen) atoms. The Morgan fingerprint density at radius 1 is 0.743 bits per heavy atom. The number of ether oxygens (including phenoxy) is 7. The van der Waals surface area contributed by atoms with Crippen molar-refractivity contribution in [3.63, 3.8) is 0 Å². The Kier molecular flexibility index (Phi) is 10.8. The zero-order valence-electron chi connectivity index (χ0n) is 19.4. The minimum atomic E-state index is -1.62. The van der Waals surface area contributed by atoms with Crippen LogP contribution in [-0.4, -0.2) is 113 Å². The van der Waals surface area contributed by atoms with Crippen LogP contribution in [0, 0.1) is 0 Å². The van der Waals surface area contributed by atoms with Crippen molar-refractivity contribution in [2.75, 3.05) is 13.2 Å². The Morgan fingerprint density at radius 2 is 1.29 bits per heavy atom. The minimum absolute atomic E-state index is 0.475. The number of rotatable bonds is 8. The maximum absolute atomic E-state index is 11.9. The summed E-state index contributed by atoms with van der Waals surface area (Å²) < 4.78 is 37.8. The molecule has 2 aliphatic heterocycles. The third kappa shape index (κ3) is 7.80. The van der Waals surface area contributed by atoms with Crippen LogP contribution < -0.4 is 0 Å². The monoisotopic (exact) mass is 572 g/mol. The highest BCUT2D eigenvalue weighted by Gasteiger charge is 2.55. The van der Waals surface area contributed by atoms with Crippen LogP contribution in [0.2, 0.25) is 0 Å². The maximum Gasteiger partial charge on any atom is 0.303 e. The predicted octanol–water partition coefficient (Wildman–Crippen LogP) is -1.71. The van der Waals surface area contributed by atoms with Crippen molar-refractivity contribution in [2.24, 2.45) is 0 Å². The van der Waals surface area contributed by atoms with Crippen molar-refractivity contribution in [1.29, 1.82) is 0 Å². The molecule has 2 rings (SSSR count). The topological polar surface area (TPSA) is 194 Å². The van der Waals surface area contributed by atoms with E-state index in [0.717, 1.165) is 27.7 Å². The number of carbonyl (C=O) groups excluding carboxylic acids is 4. The second-order valence-electron chi connectivity index (χ2n) is 7.86. The summed E-state index contributed by atoms with van der Waals surface area (Å²) >= 11 is 3.03. The molecule has 2 aliphatic rings. The fraction of sp³-hybridized carbons (Fsp3) is 0.800. The number of halogens is 1. The van der Waals surface area contributed by atoms with Gasteiger partial charge >= 0.3 is 23.9 Å². The van der Waals surface area contributed by atoms with Crippen LogP contribution >= 0.6 is 15.9 Å². The zero-order chi connectivity index (χ0) is 26.4. The van der Waals surface area contributed by atoms with Gasteiger partial charge in [0.25, 0.3) is 0 Å². The van der Waals surface area contributed by atoms with Crippen LogP contribution in [0.5, 0.6) is 0 Å². The molecule has 200 valence electrons. The molecular weight excluding hydrogens is 544 g/mol. The lowest BCUT2D eigenvalue weighted by molar-refractivity contribution is -0.340. The van der Waals surface area contributed by atoms with Crippen molar-refractivity contribution in [3.8, 4) is 0 Å². The highest BCUT2D eigenvalue weighted by atomic mass is 79.9. The number of esters is 4. The molecule has 0 bridgehead atoms. The summed E-state index contributed by atoms with van der Waals surface area (Å²) in [5.74, 6) is -3.17. The van der Waals surface area contributed by atoms with E-state index in [2.05, 4.69) is 15.9 Å². The molecule has 2 saturated heterocycles. The molecule has 10 atom stereocenters. The van der Waals surface area contributed by atoms with Gasteiger partial charge in [-0.2, -0.15) is 0 Å². The van der Waals surface area contributed by atoms with E-state index in [1.807, 2.05) is 0 Å². The molecule has 0 saturated carbocycles. The van der Waals surface area contributed by atoms with E-state index in [4.69, 9.17) is 33.2 Å². The van der Waals surface area contributed by atoms with Crippen molar-refractivity contribution < 1.29 is 67.7 Å². The minimum Gasteiger partial charge on any atom is -0.463 e. The van der Waals surface area contributed by atoms with Crippen molar-refractivity contribution in [2.45, 2.75) is 87.8 Å². The molecule has 0 aromatic rings. The van der Waals surface area contributed by atoms with Gasteiger partial charge in [-0.3, -0.25) is 19.2 Å². The third-order valence-electron chi connectivity index (χ3n) is 5.05. The normalized spacial score (nSPS) is 37.1. The quantitative estimate of drug-likeness (QED) is 0.169. The largest absolute Gasteiger partial charge is 0.463 e. The van der Waals surface area contributed by atoms with E-state index in [-0.39, 0.29) is 0 Å². The second kappa shape index (κ2) is 12.9. The fourth-order valence-electron chi connectivity index (χ4n) is 3.66. The molecule has 2 fully saturated rings. The van der Waals surface area contributed by atoms with Gasteiger partial charge in [-0.25, -0.2) is 0 Å². The lowest BCUT2D eigenvalue weighted by Gasteiger charge is -2.47. The van der Waals surface area contributed by atoms with Gasteiger partial charge in [-0.1, -0.05) is 15.9 Å². The summed E-state index contributed by atoms with van der Waals surface area (Å²) in [6.07, 6.45) is -13.0. The van der Waals surface area contributed by atoms with E-state index in [0.29, 0.717) is 0 Å². The summed E-state index contributed by atoms with van der Waals surface area (Å²) in [7, 11) is 0. The number of aliphatic hydroxyl groups is 3. The van der Waals surface area contributed by atoms with Crippen LogP contribution in [0.15, 0.2) is 0 Å². The van der Waals surface area contributed by atoms with E-state index in [1.165, 1.54) is 0 Å². The fourth-order valence-corrected chi connectivity index (χ4v) is 4.25. The van der Waals surface area contributed by atoms with Gasteiger partial charge in [0.05, 0.1) is 6.61 Å². The molecular formula is C20H29BrO14. The standard InChI is InChI=1S/C20H29BrO14/c1-7(23)29-6-12-16(30-8(2)24)17(31-9(3)25)18(32-10(4)26)20(34-12)35-15-11(5-22)33-19(21)14(28)13(15)27/h11-20,22,27-28H,5-6H2,1-4H3/t11-,12-,13-,14-,15-,16-,17+,18-,19-,20-/m1/s1. The van der Waals surface area contributed by atoms with Crippen molar-refractivity contribution in [1.82, 2.24) is 0 Å².